The fourth-order valence-electron chi connectivity index (χ4n) is 4.43. The molecule has 2 aromatic rings. The van der Waals surface area contributed by atoms with E-state index in [1.54, 1.807) is 10.9 Å². The summed E-state index contributed by atoms with van der Waals surface area (Å²) in [5.41, 5.74) is 1.37. The van der Waals surface area contributed by atoms with E-state index in [-0.39, 0.29) is 5.91 Å². The molecule has 1 aromatic heterocycles. The molecule has 0 unspecified atom stereocenters. The zero-order valence-corrected chi connectivity index (χ0v) is 15.0. The molecule has 6 rings (SSSR count). The normalized spacial score (nSPS) is 26.1. The number of rotatable bonds is 4. The van der Waals surface area contributed by atoms with E-state index in [0.717, 1.165) is 31.2 Å². The first-order valence-electron chi connectivity index (χ1n) is 9.77. The van der Waals surface area contributed by atoms with Gasteiger partial charge in [-0.05, 0) is 49.7 Å². The van der Waals surface area contributed by atoms with Gasteiger partial charge in [-0.1, -0.05) is 23.4 Å². The number of nitrogens with zero attached hydrogens (tertiary/aromatic N) is 5. The van der Waals surface area contributed by atoms with Crippen LogP contribution in [0, 0.1) is 11.8 Å². The highest BCUT2D eigenvalue weighted by molar-refractivity contribution is 5.92. The zero-order valence-electron chi connectivity index (χ0n) is 15.0. The maximum atomic E-state index is 13.0. The lowest BCUT2D eigenvalue weighted by Crippen LogP contribution is -2.45. The van der Waals surface area contributed by atoms with E-state index in [4.69, 9.17) is 0 Å². The molecule has 26 heavy (non-hydrogen) atoms. The number of fused-ring (bicyclic) bond motifs is 4. The van der Waals surface area contributed by atoms with E-state index in [2.05, 4.69) is 15.2 Å². The number of hydrogen-bond donors (Lipinski definition) is 0. The first-order valence-corrected chi connectivity index (χ1v) is 9.77. The second kappa shape index (κ2) is 6.50. The Hall–Kier alpha value is -2.21. The molecule has 6 nitrogen and oxygen atoms in total. The molecule has 4 heterocycles. The predicted molar refractivity (Wildman–Crippen MR) is 98.1 cm³/mol. The predicted octanol–water partition coefficient (Wildman–Crippen LogP) is 2.21. The molecule has 0 N–H and O–H groups in total. The molecule has 136 valence electrons. The van der Waals surface area contributed by atoms with Crippen molar-refractivity contribution in [1.82, 2.24) is 24.8 Å². The number of benzene rings is 1. The lowest BCUT2D eigenvalue weighted by Gasteiger charge is -2.36. The third-order valence-corrected chi connectivity index (χ3v) is 6.04. The molecule has 6 heteroatoms. The molecule has 4 fully saturated rings. The average Bonchev–Trinajstić information content (AvgIpc) is 3.43. The van der Waals surface area contributed by atoms with Crippen molar-refractivity contribution in [2.24, 2.45) is 11.8 Å². The van der Waals surface area contributed by atoms with Crippen LogP contribution in [-0.2, 0) is 0 Å². The fraction of sp³-hybridized carbons (Fsp3) is 0.550. The van der Waals surface area contributed by atoms with Crippen molar-refractivity contribution in [3.8, 4) is 5.69 Å². The highest BCUT2D eigenvalue weighted by Gasteiger charge is 2.39. The molecule has 1 aliphatic carbocycles. The van der Waals surface area contributed by atoms with Crippen molar-refractivity contribution in [3.63, 3.8) is 0 Å². The van der Waals surface area contributed by atoms with Crippen molar-refractivity contribution >= 4 is 5.91 Å². The highest BCUT2D eigenvalue weighted by Crippen LogP contribution is 2.35. The summed E-state index contributed by atoms with van der Waals surface area (Å²) in [5, 5.41) is 8.31. The number of carbonyl (C=O) groups excluding carboxylic acids is 1. The van der Waals surface area contributed by atoms with Gasteiger partial charge in [0.2, 0.25) is 0 Å². The summed E-state index contributed by atoms with van der Waals surface area (Å²) in [7, 11) is 0. The molecule has 1 aromatic carbocycles. The van der Waals surface area contributed by atoms with Gasteiger partial charge < -0.3 is 4.90 Å². The SMILES string of the molecule is O=C(c1cn(-c2ccccc2)nn1)N1C[C@@H]2CC[C@H](C1)N(CC1CC1)C2. The average molecular weight is 351 g/mol. The smallest absolute Gasteiger partial charge is 0.276 e. The van der Waals surface area contributed by atoms with Gasteiger partial charge in [-0.25, -0.2) is 4.68 Å². The fourth-order valence-corrected chi connectivity index (χ4v) is 4.43. The first-order chi connectivity index (χ1) is 12.8. The molecule has 1 saturated carbocycles. The molecular formula is C20H25N5O. The van der Waals surface area contributed by atoms with Gasteiger partial charge in [-0.15, -0.1) is 5.10 Å². The number of amides is 1. The Morgan fingerprint density at radius 2 is 1.88 bits per heavy atom. The van der Waals surface area contributed by atoms with E-state index in [0.29, 0.717) is 17.7 Å². The Labute approximate surface area is 153 Å². The van der Waals surface area contributed by atoms with Crippen molar-refractivity contribution in [2.45, 2.75) is 31.7 Å². The summed E-state index contributed by atoms with van der Waals surface area (Å²) in [5.74, 6) is 1.53. The lowest BCUT2D eigenvalue weighted by molar-refractivity contribution is 0.0731. The molecule has 4 aliphatic rings. The molecule has 2 atom stereocenters. The second-order valence-corrected chi connectivity index (χ2v) is 8.09. The summed E-state index contributed by atoms with van der Waals surface area (Å²) in [6.07, 6.45) is 6.99. The van der Waals surface area contributed by atoms with E-state index < -0.39 is 0 Å². The molecule has 1 amide bonds. The van der Waals surface area contributed by atoms with Gasteiger partial charge in [0, 0.05) is 32.2 Å². The quantitative estimate of drug-likeness (QED) is 0.847. The standard InChI is InChI=1S/C20H25N5O/c26-20(19-14-25(22-21-19)17-4-2-1-3-5-17)24-12-16-8-9-18(13-24)23(11-16)10-15-6-7-15/h1-5,14-16,18H,6-13H2/t16-,18-/m1/s1. The monoisotopic (exact) mass is 351 g/mol. The van der Waals surface area contributed by atoms with Gasteiger partial charge in [-0.3, -0.25) is 9.69 Å². The minimum absolute atomic E-state index is 0.0253. The van der Waals surface area contributed by atoms with Crippen LogP contribution in [0.4, 0.5) is 0 Å². The van der Waals surface area contributed by atoms with Gasteiger partial charge in [0.25, 0.3) is 5.91 Å². The first kappa shape index (κ1) is 16.0. The summed E-state index contributed by atoms with van der Waals surface area (Å²) in [4.78, 5) is 17.7. The van der Waals surface area contributed by atoms with Gasteiger partial charge >= 0.3 is 0 Å². The molecule has 2 bridgehead atoms. The van der Waals surface area contributed by atoms with E-state index >= 15 is 0 Å². The number of para-hydroxylation sites is 1. The van der Waals surface area contributed by atoms with Crippen LogP contribution < -0.4 is 0 Å². The van der Waals surface area contributed by atoms with E-state index in [1.165, 1.54) is 32.2 Å². The molecular weight excluding hydrogens is 326 g/mol. The van der Waals surface area contributed by atoms with Gasteiger partial charge in [0.15, 0.2) is 5.69 Å². The Morgan fingerprint density at radius 1 is 1.04 bits per heavy atom. The largest absolute Gasteiger partial charge is 0.335 e. The summed E-state index contributed by atoms with van der Waals surface area (Å²) >= 11 is 0. The number of aromatic nitrogens is 3. The third kappa shape index (κ3) is 3.14. The van der Waals surface area contributed by atoms with Crippen molar-refractivity contribution < 1.29 is 4.79 Å². The van der Waals surface area contributed by atoms with Crippen LogP contribution in [0.25, 0.3) is 5.69 Å². The molecule has 3 saturated heterocycles. The van der Waals surface area contributed by atoms with E-state index in [9.17, 15) is 4.79 Å². The van der Waals surface area contributed by atoms with E-state index in [1.807, 2.05) is 35.2 Å². The number of carbonyl (C=O) groups is 1. The summed E-state index contributed by atoms with van der Waals surface area (Å²) in [6, 6.07) is 10.3. The Morgan fingerprint density at radius 3 is 2.69 bits per heavy atom. The minimum Gasteiger partial charge on any atom is -0.335 e. The topological polar surface area (TPSA) is 54.3 Å². The Kier molecular flexibility index (Phi) is 4.00. The lowest BCUT2D eigenvalue weighted by atomic mass is 9.95. The summed E-state index contributed by atoms with van der Waals surface area (Å²) < 4.78 is 1.68. The van der Waals surface area contributed by atoms with Crippen molar-refractivity contribution in [3.05, 3.63) is 42.2 Å². The Balaban J connectivity index is 1.32. The maximum Gasteiger partial charge on any atom is 0.276 e. The third-order valence-electron chi connectivity index (χ3n) is 6.04. The number of hydrogen-bond acceptors (Lipinski definition) is 4. The van der Waals surface area contributed by atoms with Crippen molar-refractivity contribution in [2.75, 3.05) is 26.2 Å². The van der Waals surface area contributed by atoms with Gasteiger partial charge in [0.1, 0.15) is 0 Å². The van der Waals surface area contributed by atoms with Crippen LogP contribution in [0.3, 0.4) is 0 Å². The van der Waals surface area contributed by atoms with Gasteiger partial charge in [0.05, 0.1) is 11.9 Å². The maximum absolute atomic E-state index is 13.0. The molecule has 3 aliphatic heterocycles. The van der Waals surface area contributed by atoms with Crippen LogP contribution in [0.1, 0.15) is 36.2 Å². The minimum atomic E-state index is 0.0253. The van der Waals surface area contributed by atoms with Crippen LogP contribution >= 0.6 is 0 Å². The number of piperidine rings is 1. The second-order valence-electron chi connectivity index (χ2n) is 8.09. The highest BCUT2D eigenvalue weighted by atomic mass is 16.2. The van der Waals surface area contributed by atoms with Crippen molar-refractivity contribution in [1.29, 1.82) is 0 Å². The van der Waals surface area contributed by atoms with Crippen LogP contribution in [0.2, 0.25) is 0 Å². The van der Waals surface area contributed by atoms with Gasteiger partial charge in [-0.2, -0.15) is 0 Å². The van der Waals surface area contributed by atoms with Crippen LogP contribution in [0.15, 0.2) is 36.5 Å². The van der Waals surface area contributed by atoms with Crippen LogP contribution in [0.5, 0.6) is 0 Å². The zero-order chi connectivity index (χ0) is 17.5. The summed E-state index contributed by atoms with van der Waals surface area (Å²) in [6.45, 7) is 4.07. The van der Waals surface area contributed by atoms with Crippen LogP contribution in [-0.4, -0.2) is 62.9 Å². The molecule has 0 spiro atoms. The Bertz CT molecular complexity index is 785. The molecule has 0 radical (unpaired) electrons.